The summed E-state index contributed by atoms with van der Waals surface area (Å²) in [6.45, 7) is 0. The van der Waals surface area contributed by atoms with E-state index in [0.29, 0.717) is 17.5 Å². The van der Waals surface area contributed by atoms with E-state index in [1.165, 1.54) is 44.5 Å². The van der Waals surface area contributed by atoms with Gasteiger partial charge in [0.15, 0.2) is 17.5 Å². The van der Waals surface area contributed by atoms with Gasteiger partial charge in [-0.1, -0.05) is 206 Å². The van der Waals surface area contributed by atoms with Crippen LogP contribution in [0.2, 0.25) is 0 Å². The Bertz CT molecular complexity index is 3540. The van der Waals surface area contributed by atoms with Crippen LogP contribution < -0.4 is 0 Å². The number of furan rings is 1. The maximum atomic E-state index is 6.40. The molecule has 0 amide bonds. The lowest BCUT2D eigenvalue weighted by Crippen LogP contribution is -2.25. The summed E-state index contributed by atoms with van der Waals surface area (Å²) in [7, 11) is 0. The van der Waals surface area contributed by atoms with Gasteiger partial charge in [-0.3, -0.25) is 0 Å². The Kier molecular flexibility index (Phi) is 7.49. The standard InChI is InChI=1S/C58H35N3O/c1-2-16-37(17-3-1)55-59-56(38-34-32-36(33-35-38)39-24-14-26-45-43-21-9-13-31-52(43)62-54(39)45)61-57(60-55)46-22-5-4-18-40(46)44-25-15-30-51-53(44)47-23-8-12-29-50(47)58(51)48-27-10-6-19-41(48)42-20-7-11-28-49(42)58/h1-35H. The fourth-order valence-electron chi connectivity index (χ4n) is 10.4. The Hall–Kier alpha value is -8.21. The summed E-state index contributed by atoms with van der Waals surface area (Å²) in [5, 5.41) is 2.22. The van der Waals surface area contributed by atoms with Crippen molar-refractivity contribution in [3.05, 3.63) is 235 Å². The molecule has 2 heterocycles. The molecule has 0 fully saturated rings. The molecule has 0 N–H and O–H groups in total. The second-order valence-corrected chi connectivity index (χ2v) is 16.2. The van der Waals surface area contributed by atoms with Crippen LogP contribution in [0.3, 0.4) is 0 Å². The average molecular weight is 790 g/mol. The van der Waals surface area contributed by atoms with Crippen molar-refractivity contribution >= 4 is 21.9 Å². The van der Waals surface area contributed by atoms with Gasteiger partial charge in [0.25, 0.3) is 0 Å². The van der Waals surface area contributed by atoms with E-state index < -0.39 is 5.41 Å². The maximum Gasteiger partial charge on any atom is 0.164 e. The molecule has 0 bridgehead atoms. The lowest BCUT2D eigenvalue weighted by atomic mass is 9.70. The SMILES string of the molecule is c1ccc(-c2nc(-c3ccc(-c4cccc5c4oc4ccccc45)cc3)nc(-c3ccccc3-c3cccc4c3-c3ccccc3C43c4ccccc4-c4ccccc43)n2)cc1. The first-order valence-corrected chi connectivity index (χ1v) is 21.1. The molecule has 0 radical (unpaired) electrons. The van der Waals surface area contributed by atoms with Crippen LogP contribution in [-0.4, -0.2) is 15.0 Å². The molecule has 0 unspecified atom stereocenters. The molecule has 1 spiro atoms. The number of fused-ring (bicyclic) bond motifs is 13. The van der Waals surface area contributed by atoms with Gasteiger partial charge < -0.3 is 4.42 Å². The normalized spacial score (nSPS) is 13.0. The molecule has 13 rings (SSSR count). The molecule has 9 aromatic carbocycles. The minimum Gasteiger partial charge on any atom is -0.455 e. The molecule has 0 saturated heterocycles. The van der Waals surface area contributed by atoms with Crippen molar-refractivity contribution in [3.8, 4) is 78.7 Å². The zero-order valence-electron chi connectivity index (χ0n) is 33.5. The van der Waals surface area contributed by atoms with Crippen LogP contribution in [0.25, 0.3) is 101 Å². The Balaban J connectivity index is 0.984. The van der Waals surface area contributed by atoms with E-state index in [9.17, 15) is 0 Å². The van der Waals surface area contributed by atoms with Gasteiger partial charge in [-0.05, 0) is 67.3 Å². The van der Waals surface area contributed by atoms with Crippen LogP contribution >= 0.6 is 0 Å². The minimum absolute atomic E-state index is 0.438. The minimum atomic E-state index is -0.438. The van der Waals surface area contributed by atoms with Crippen molar-refractivity contribution in [3.63, 3.8) is 0 Å². The highest BCUT2D eigenvalue weighted by molar-refractivity contribution is 6.09. The van der Waals surface area contributed by atoms with Crippen LogP contribution in [-0.2, 0) is 5.41 Å². The van der Waals surface area contributed by atoms with E-state index in [-0.39, 0.29) is 0 Å². The summed E-state index contributed by atoms with van der Waals surface area (Å²) in [5.41, 5.74) is 18.8. The highest BCUT2D eigenvalue weighted by Gasteiger charge is 2.52. The van der Waals surface area contributed by atoms with Gasteiger partial charge in [-0.2, -0.15) is 0 Å². The predicted octanol–water partition coefficient (Wildman–Crippen LogP) is 14.4. The van der Waals surface area contributed by atoms with Crippen molar-refractivity contribution in [1.29, 1.82) is 0 Å². The number of rotatable bonds is 5. The molecule has 0 saturated carbocycles. The number of aromatic nitrogens is 3. The second-order valence-electron chi connectivity index (χ2n) is 16.2. The fourth-order valence-corrected chi connectivity index (χ4v) is 10.4. The van der Waals surface area contributed by atoms with Crippen molar-refractivity contribution in [2.24, 2.45) is 0 Å². The van der Waals surface area contributed by atoms with Crippen molar-refractivity contribution < 1.29 is 4.42 Å². The molecule has 4 nitrogen and oxygen atoms in total. The van der Waals surface area contributed by atoms with E-state index in [4.69, 9.17) is 19.4 Å². The van der Waals surface area contributed by atoms with Crippen LogP contribution in [0, 0.1) is 0 Å². The van der Waals surface area contributed by atoms with Crippen LogP contribution in [0.1, 0.15) is 22.3 Å². The fraction of sp³-hybridized carbons (Fsp3) is 0.0172. The van der Waals surface area contributed by atoms with Crippen LogP contribution in [0.15, 0.2) is 217 Å². The first-order chi connectivity index (χ1) is 30.8. The van der Waals surface area contributed by atoms with Gasteiger partial charge >= 0.3 is 0 Å². The molecular formula is C58H35N3O. The Morgan fingerprint density at radius 3 is 1.48 bits per heavy atom. The topological polar surface area (TPSA) is 51.8 Å². The van der Waals surface area contributed by atoms with Crippen molar-refractivity contribution in [1.82, 2.24) is 15.0 Å². The number of hydrogen-bond donors (Lipinski definition) is 0. The van der Waals surface area contributed by atoms with E-state index in [1.807, 2.05) is 30.3 Å². The summed E-state index contributed by atoms with van der Waals surface area (Å²) < 4.78 is 6.40. The molecule has 2 aromatic heterocycles. The molecule has 11 aromatic rings. The van der Waals surface area contributed by atoms with Gasteiger partial charge in [0.2, 0.25) is 0 Å². The summed E-state index contributed by atoms with van der Waals surface area (Å²) in [4.78, 5) is 15.7. The quantitative estimate of drug-likeness (QED) is 0.174. The van der Waals surface area contributed by atoms with Crippen LogP contribution in [0.5, 0.6) is 0 Å². The zero-order chi connectivity index (χ0) is 40.8. The Labute approximate surface area is 358 Å². The van der Waals surface area contributed by atoms with Gasteiger partial charge in [-0.25, -0.2) is 15.0 Å². The van der Waals surface area contributed by atoms with Gasteiger partial charge in [0.1, 0.15) is 11.2 Å². The molecule has 288 valence electrons. The molecule has 2 aliphatic rings. The number of nitrogens with zero attached hydrogens (tertiary/aromatic N) is 3. The third-order valence-corrected chi connectivity index (χ3v) is 13.0. The third kappa shape index (κ3) is 4.92. The lowest BCUT2D eigenvalue weighted by molar-refractivity contribution is 0.670. The highest BCUT2D eigenvalue weighted by Crippen LogP contribution is 2.64. The smallest absolute Gasteiger partial charge is 0.164 e. The van der Waals surface area contributed by atoms with Crippen molar-refractivity contribution in [2.45, 2.75) is 5.41 Å². The third-order valence-electron chi connectivity index (χ3n) is 13.0. The van der Waals surface area contributed by atoms with E-state index in [1.54, 1.807) is 0 Å². The highest BCUT2D eigenvalue weighted by atomic mass is 16.3. The largest absolute Gasteiger partial charge is 0.455 e. The number of para-hydroxylation sites is 2. The predicted molar refractivity (Wildman–Crippen MR) is 251 cm³/mol. The molecule has 2 aliphatic carbocycles. The summed E-state index contributed by atoms with van der Waals surface area (Å²) in [6, 6.07) is 75.5. The maximum absolute atomic E-state index is 6.40. The summed E-state index contributed by atoms with van der Waals surface area (Å²) in [5.74, 6) is 1.85. The Morgan fingerprint density at radius 2 is 0.758 bits per heavy atom. The van der Waals surface area contributed by atoms with E-state index in [0.717, 1.165) is 60.9 Å². The second kappa shape index (κ2) is 13.4. The van der Waals surface area contributed by atoms with Gasteiger partial charge in [-0.15, -0.1) is 0 Å². The van der Waals surface area contributed by atoms with E-state index in [2.05, 4.69) is 182 Å². The van der Waals surface area contributed by atoms with Crippen LogP contribution in [0.4, 0.5) is 0 Å². The molecule has 0 atom stereocenters. The Morgan fingerprint density at radius 1 is 0.290 bits per heavy atom. The molecular weight excluding hydrogens is 755 g/mol. The van der Waals surface area contributed by atoms with Gasteiger partial charge in [0.05, 0.1) is 5.41 Å². The molecule has 0 aliphatic heterocycles. The monoisotopic (exact) mass is 789 g/mol. The number of hydrogen-bond acceptors (Lipinski definition) is 4. The summed E-state index contributed by atoms with van der Waals surface area (Å²) in [6.07, 6.45) is 0. The number of benzene rings is 9. The summed E-state index contributed by atoms with van der Waals surface area (Å²) >= 11 is 0. The first kappa shape index (κ1) is 34.6. The van der Waals surface area contributed by atoms with Crippen molar-refractivity contribution in [2.75, 3.05) is 0 Å². The molecule has 62 heavy (non-hydrogen) atoms. The van der Waals surface area contributed by atoms with E-state index >= 15 is 0 Å². The van der Waals surface area contributed by atoms with Gasteiger partial charge in [0, 0.05) is 33.0 Å². The first-order valence-electron chi connectivity index (χ1n) is 21.1. The lowest BCUT2D eigenvalue weighted by Gasteiger charge is -2.30. The average Bonchev–Trinajstić information content (AvgIpc) is 3.99. The molecule has 4 heteroatoms. The zero-order valence-corrected chi connectivity index (χ0v) is 33.5.